The zero-order valence-electron chi connectivity index (χ0n) is 18.7. The van der Waals surface area contributed by atoms with Gasteiger partial charge in [-0.1, -0.05) is 0 Å². The van der Waals surface area contributed by atoms with Crippen molar-refractivity contribution in [1.82, 2.24) is 26.0 Å². The Bertz CT molecular complexity index is 694. The molecule has 2 heterocycles. The summed E-state index contributed by atoms with van der Waals surface area (Å²) in [6.07, 6.45) is 4.34. The minimum Gasteiger partial charge on any atom is -0.481 e. The Morgan fingerprint density at radius 2 is 1.81 bits per heavy atom. The maximum atomic E-state index is 13.1. The highest BCUT2D eigenvalue weighted by Gasteiger charge is 2.34. The van der Waals surface area contributed by atoms with E-state index in [1.807, 2.05) is 0 Å². The van der Waals surface area contributed by atoms with E-state index in [0.717, 1.165) is 37.4 Å². The fraction of sp³-hybridized carbons (Fsp3) is 0.762. The van der Waals surface area contributed by atoms with Gasteiger partial charge in [0.25, 0.3) is 5.91 Å². The number of nitrogens with one attached hydrogen (secondary N) is 3. The van der Waals surface area contributed by atoms with Crippen LogP contribution in [0.1, 0.15) is 51.9 Å². The maximum absolute atomic E-state index is 13.1. The Balaban J connectivity index is 1.94. The van der Waals surface area contributed by atoms with Crippen LogP contribution in [0.5, 0.6) is 0 Å². The summed E-state index contributed by atoms with van der Waals surface area (Å²) in [5, 5.41) is 15.3. The highest BCUT2D eigenvalue weighted by atomic mass is 16.4. The first-order chi connectivity index (χ1) is 15.3. The van der Waals surface area contributed by atoms with Crippen LogP contribution in [0.25, 0.3) is 0 Å². The lowest BCUT2D eigenvalue weighted by Crippen LogP contribution is -2.55. The second kappa shape index (κ2) is 13.1. The third-order valence-corrected chi connectivity index (χ3v) is 5.92. The van der Waals surface area contributed by atoms with Gasteiger partial charge in [-0.15, -0.1) is 0 Å². The van der Waals surface area contributed by atoms with Crippen LogP contribution in [-0.2, 0) is 24.0 Å². The van der Waals surface area contributed by atoms with E-state index in [1.54, 1.807) is 4.90 Å². The van der Waals surface area contributed by atoms with E-state index < -0.39 is 29.6 Å². The third kappa shape index (κ3) is 8.54. The molecule has 0 saturated carbocycles. The van der Waals surface area contributed by atoms with Gasteiger partial charge in [0.15, 0.2) is 0 Å². The number of nitrogens with zero attached hydrogens (tertiary/aromatic N) is 2. The molecule has 11 heteroatoms. The molecule has 0 aromatic heterocycles. The quantitative estimate of drug-likeness (QED) is 0.323. The minimum absolute atomic E-state index is 0.0241. The number of carbonyl (C=O) groups is 5. The number of carbonyl (C=O) groups excluding carboxylic acids is 4. The molecule has 2 rings (SSSR count). The smallest absolute Gasteiger partial charge is 0.304 e. The van der Waals surface area contributed by atoms with Gasteiger partial charge in [0, 0.05) is 33.0 Å². The molecule has 0 bridgehead atoms. The average Bonchev–Trinajstić information content (AvgIpc) is 2.79. The first-order valence-corrected chi connectivity index (χ1v) is 11.3. The molecule has 0 radical (unpaired) electrons. The largest absolute Gasteiger partial charge is 0.481 e. The lowest BCUT2D eigenvalue weighted by molar-refractivity contribution is -0.154. The van der Waals surface area contributed by atoms with Crippen LogP contribution in [0.3, 0.4) is 0 Å². The van der Waals surface area contributed by atoms with Gasteiger partial charge in [-0.2, -0.15) is 0 Å². The van der Waals surface area contributed by atoms with E-state index in [-0.39, 0.29) is 32.0 Å². The van der Waals surface area contributed by atoms with E-state index in [1.165, 1.54) is 6.92 Å². The van der Waals surface area contributed by atoms with Crippen molar-refractivity contribution >= 4 is 29.6 Å². The van der Waals surface area contributed by atoms with Crippen molar-refractivity contribution < 1.29 is 29.1 Å². The number of amides is 4. The molecule has 11 nitrogen and oxygen atoms in total. The number of likely N-dealkylation sites (tertiary alicyclic amines) is 1. The summed E-state index contributed by atoms with van der Waals surface area (Å²) in [6, 6.07) is 0. The molecule has 32 heavy (non-hydrogen) atoms. The molecule has 0 spiro atoms. The number of hydrazine groups is 1. The minimum atomic E-state index is -1.07. The van der Waals surface area contributed by atoms with Gasteiger partial charge >= 0.3 is 5.97 Å². The number of hydrogen-bond acceptors (Lipinski definition) is 7. The van der Waals surface area contributed by atoms with Gasteiger partial charge in [-0.05, 0) is 51.1 Å². The fourth-order valence-corrected chi connectivity index (χ4v) is 4.09. The van der Waals surface area contributed by atoms with Crippen LogP contribution in [-0.4, -0.2) is 83.9 Å². The highest BCUT2D eigenvalue weighted by molar-refractivity contribution is 5.98. The standard InChI is InChI=1S/C21H35N5O6/c1-15(27)23-13-19(29)26(24-11-8-20(30)31)21(32)17-3-2-12-25(14-17)18(28)5-4-16-6-9-22-10-7-16/h16-17,22,24H,2-14H2,1H3,(H,23,27)(H,30,31)/t17-/m1/s1. The normalized spacial score (nSPS) is 19.3. The summed E-state index contributed by atoms with van der Waals surface area (Å²) in [4.78, 5) is 61.9. The third-order valence-electron chi connectivity index (χ3n) is 5.92. The molecular formula is C21H35N5O6. The van der Waals surface area contributed by atoms with Gasteiger partial charge in [0.05, 0.1) is 18.9 Å². The molecule has 180 valence electrons. The summed E-state index contributed by atoms with van der Waals surface area (Å²) in [7, 11) is 0. The van der Waals surface area contributed by atoms with Gasteiger partial charge in [0.2, 0.25) is 17.7 Å². The summed E-state index contributed by atoms with van der Waals surface area (Å²) in [5.41, 5.74) is 2.58. The topological polar surface area (TPSA) is 148 Å². The Kier molecular flexibility index (Phi) is 10.5. The van der Waals surface area contributed by atoms with Crippen LogP contribution in [0.4, 0.5) is 0 Å². The molecule has 0 aromatic carbocycles. The number of aliphatic carboxylic acids is 1. The zero-order chi connectivity index (χ0) is 23.5. The Hall–Kier alpha value is -2.53. The van der Waals surface area contributed by atoms with Gasteiger partial charge in [0.1, 0.15) is 0 Å². The molecule has 2 aliphatic rings. The van der Waals surface area contributed by atoms with Crippen LogP contribution < -0.4 is 16.1 Å². The number of imide groups is 1. The zero-order valence-corrected chi connectivity index (χ0v) is 18.7. The van der Waals surface area contributed by atoms with E-state index in [2.05, 4.69) is 16.1 Å². The van der Waals surface area contributed by atoms with E-state index in [0.29, 0.717) is 31.7 Å². The molecule has 0 unspecified atom stereocenters. The molecule has 2 saturated heterocycles. The van der Waals surface area contributed by atoms with Crippen LogP contribution in [0, 0.1) is 11.8 Å². The monoisotopic (exact) mass is 453 g/mol. The average molecular weight is 454 g/mol. The van der Waals surface area contributed by atoms with Crippen molar-refractivity contribution in [3.8, 4) is 0 Å². The second-order valence-corrected chi connectivity index (χ2v) is 8.44. The molecule has 4 amide bonds. The van der Waals surface area contributed by atoms with Crippen molar-refractivity contribution in [1.29, 1.82) is 0 Å². The molecule has 0 aromatic rings. The first kappa shape index (κ1) is 25.7. The molecule has 2 fully saturated rings. The molecule has 1 atom stereocenters. The summed E-state index contributed by atoms with van der Waals surface area (Å²) in [5.74, 6) is -2.67. The Labute approximate surface area is 188 Å². The van der Waals surface area contributed by atoms with Crippen molar-refractivity contribution in [3.63, 3.8) is 0 Å². The maximum Gasteiger partial charge on any atom is 0.304 e. The van der Waals surface area contributed by atoms with E-state index in [4.69, 9.17) is 5.11 Å². The predicted molar refractivity (Wildman–Crippen MR) is 115 cm³/mol. The van der Waals surface area contributed by atoms with Crippen molar-refractivity contribution in [2.24, 2.45) is 11.8 Å². The summed E-state index contributed by atoms with van der Waals surface area (Å²) in [6.45, 7) is 3.54. The number of piperidine rings is 2. The molecule has 2 aliphatic heterocycles. The number of carboxylic acid groups (broad SMARTS) is 1. The fourth-order valence-electron chi connectivity index (χ4n) is 4.09. The van der Waals surface area contributed by atoms with Gasteiger partial charge in [-0.25, -0.2) is 10.4 Å². The Morgan fingerprint density at radius 3 is 2.47 bits per heavy atom. The number of rotatable bonds is 10. The van der Waals surface area contributed by atoms with E-state index >= 15 is 0 Å². The van der Waals surface area contributed by atoms with Crippen molar-refractivity contribution in [2.75, 3.05) is 39.3 Å². The lowest BCUT2D eigenvalue weighted by atomic mass is 9.92. The highest BCUT2D eigenvalue weighted by Crippen LogP contribution is 2.22. The van der Waals surface area contributed by atoms with Gasteiger partial charge in [-0.3, -0.25) is 24.0 Å². The van der Waals surface area contributed by atoms with Crippen molar-refractivity contribution in [3.05, 3.63) is 0 Å². The summed E-state index contributed by atoms with van der Waals surface area (Å²) < 4.78 is 0. The van der Waals surface area contributed by atoms with E-state index in [9.17, 15) is 24.0 Å². The number of hydrogen-bond donors (Lipinski definition) is 4. The van der Waals surface area contributed by atoms with Crippen LogP contribution in [0.15, 0.2) is 0 Å². The SMILES string of the molecule is CC(=O)NCC(=O)N(NCCC(=O)O)C(=O)[C@@H]1CCCN(C(=O)CCC2CCNCC2)C1. The number of carboxylic acids is 1. The lowest BCUT2D eigenvalue weighted by Gasteiger charge is -2.35. The summed E-state index contributed by atoms with van der Waals surface area (Å²) >= 11 is 0. The van der Waals surface area contributed by atoms with Crippen molar-refractivity contribution in [2.45, 2.75) is 51.9 Å². The van der Waals surface area contributed by atoms with Crippen LogP contribution in [0.2, 0.25) is 0 Å². The molecule has 0 aliphatic carbocycles. The Morgan fingerprint density at radius 1 is 1.09 bits per heavy atom. The van der Waals surface area contributed by atoms with Gasteiger partial charge < -0.3 is 20.6 Å². The van der Waals surface area contributed by atoms with Crippen LogP contribution >= 0.6 is 0 Å². The first-order valence-electron chi connectivity index (χ1n) is 11.3. The predicted octanol–water partition coefficient (Wildman–Crippen LogP) is -0.525. The molecule has 4 N–H and O–H groups in total. The molecular weight excluding hydrogens is 418 g/mol. The second-order valence-electron chi connectivity index (χ2n) is 8.44.